The Bertz CT molecular complexity index is 341. The van der Waals surface area contributed by atoms with Crippen molar-refractivity contribution in [2.24, 2.45) is 5.73 Å². The van der Waals surface area contributed by atoms with Crippen LogP contribution in [0.1, 0.15) is 18.7 Å². The third-order valence-corrected chi connectivity index (χ3v) is 3.86. The monoisotopic (exact) mass is 356 g/mol. The fourth-order valence-electron chi connectivity index (χ4n) is 1.67. The lowest BCUT2D eigenvalue weighted by atomic mass is 10.1. The van der Waals surface area contributed by atoms with Crippen LogP contribution < -0.4 is 5.73 Å². The molecule has 1 aromatic rings. The zero-order valence-electron chi connectivity index (χ0n) is 11.1. The van der Waals surface area contributed by atoms with Crippen LogP contribution in [0.15, 0.2) is 15.9 Å². The summed E-state index contributed by atoms with van der Waals surface area (Å²) in [7, 11) is 1.73. The molecule has 6 heteroatoms. The third-order valence-electron chi connectivity index (χ3n) is 2.25. The zero-order valence-corrected chi connectivity index (χ0v) is 14.3. The van der Waals surface area contributed by atoms with Gasteiger partial charge in [-0.15, -0.1) is 23.7 Å². The lowest BCUT2D eigenvalue weighted by Gasteiger charge is -2.29. The number of thiophene rings is 1. The number of nitrogens with two attached hydrogens (primary N) is 1. The van der Waals surface area contributed by atoms with E-state index in [2.05, 4.69) is 46.8 Å². The summed E-state index contributed by atoms with van der Waals surface area (Å²) in [5, 5.41) is 0. The number of nitrogens with zero attached hydrogens (tertiary/aromatic N) is 1. The van der Waals surface area contributed by atoms with Crippen LogP contribution in [0, 0.1) is 0 Å². The molecule has 0 saturated heterocycles. The van der Waals surface area contributed by atoms with E-state index in [1.807, 2.05) is 0 Å². The molecule has 0 aromatic carbocycles. The van der Waals surface area contributed by atoms with Gasteiger partial charge in [0.05, 0.1) is 10.4 Å². The minimum atomic E-state index is -0.178. The van der Waals surface area contributed by atoms with Crippen LogP contribution in [-0.2, 0) is 11.3 Å². The van der Waals surface area contributed by atoms with E-state index < -0.39 is 0 Å². The van der Waals surface area contributed by atoms with Gasteiger partial charge in [-0.05, 0) is 41.9 Å². The van der Waals surface area contributed by atoms with E-state index in [-0.39, 0.29) is 17.9 Å². The average Bonchev–Trinajstić information content (AvgIpc) is 2.58. The van der Waals surface area contributed by atoms with Crippen LogP contribution in [0.4, 0.5) is 0 Å². The van der Waals surface area contributed by atoms with Crippen molar-refractivity contribution in [2.45, 2.75) is 25.9 Å². The number of hydrogen-bond acceptors (Lipinski definition) is 4. The highest BCUT2D eigenvalue weighted by molar-refractivity contribution is 9.11. The first-order valence-corrected chi connectivity index (χ1v) is 7.26. The van der Waals surface area contributed by atoms with E-state index in [1.165, 1.54) is 8.66 Å². The van der Waals surface area contributed by atoms with E-state index >= 15 is 0 Å². The summed E-state index contributed by atoms with van der Waals surface area (Å²) in [5.41, 5.74) is 5.90. The second-order valence-electron chi connectivity index (χ2n) is 4.90. The second kappa shape index (κ2) is 8.51. The Morgan fingerprint density at radius 2 is 2.11 bits per heavy atom. The van der Waals surface area contributed by atoms with Crippen molar-refractivity contribution in [3.8, 4) is 0 Å². The molecule has 18 heavy (non-hydrogen) atoms. The number of hydrogen-bond donors (Lipinski definition) is 1. The van der Waals surface area contributed by atoms with Crippen LogP contribution in [-0.4, -0.2) is 37.2 Å². The van der Waals surface area contributed by atoms with Crippen LogP contribution in [0.25, 0.3) is 0 Å². The lowest BCUT2D eigenvalue weighted by molar-refractivity contribution is 0.131. The van der Waals surface area contributed by atoms with Gasteiger partial charge in [0.15, 0.2) is 0 Å². The smallest absolute Gasteiger partial charge is 0.0701 e. The third kappa shape index (κ3) is 7.71. The molecular formula is C12H22BrClN2OS. The molecule has 0 fully saturated rings. The van der Waals surface area contributed by atoms with Gasteiger partial charge in [0, 0.05) is 37.2 Å². The molecule has 0 radical (unpaired) electrons. The first kappa shape index (κ1) is 18.4. The first-order valence-electron chi connectivity index (χ1n) is 5.65. The molecule has 0 aliphatic carbocycles. The molecule has 0 unspecified atom stereocenters. The van der Waals surface area contributed by atoms with Gasteiger partial charge >= 0.3 is 0 Å². The van der Waals surface area contributed by atoms with Gasteiger partial charge in [0.2, 0.25) is 0 Å². The number of rotatable bonds is 7. The molecule has 0 aliphatic rings. The van der Waals surface area contributed by atoms with E-state index in [0.717, 1.165) is 26.2 Å². The Morgan fingerprint density at radius 1 is 1.44 bits per heavy atom. The molecule has 1 rings (SSSR count). The van der Waals surface area contributed by atoms with Gasteiger partial charge in [-0.2, -0.15) is 0 Å². The normalized spacial score (nSPS) is 11.7. The molecular weight excluding hydrogens is 336 g/mol. The Morgan fingerprint density at radius 3 is 2.56 bits per heavy atom. The maximum absolute atomic E-state index is 6.08. The average molecular weight is 358 g/mol. The second-order valence-corrected chi connectivity index (χ2v) is 7.45. The molecule has 0 bridgehead atoms. The van der Waals surface area contributed by atoms with Gasteiger partial charge in [0.25, 0.3) is 0 Å². The van der Waals surface area contributed by atoms with Crippen LogP contribution in [0.2, 0.25) is 0 Å². The van der Waals surface area contributed by atoms with Crippen molar-refractivity contribution in [1.82, 2.24) is 4.90 Å². The Kier molecular flexibility index (Phi) is 8.67. The van der Waals surface area contributed by atoms with Gasteiger partial charge in [-0.1, -0.05) is 0 Å². The highest BCUT2D eigenvalue weighted by Crippen LogP contribution is 2.23. The van der Waals surface area contributed by atoms with Crippen molar-refractivity contribution in [3.63, 3.8) is 0 Å². The number of methoxy groups -OCH3 is 1. The highest BCUT2D eigenvalue weighted by Gasteiger charge is 2.17. The Balaban J connectivity index is 0.00000289. The molecule has 0 amide bonds. The van der Waals surface area contributed by atoms with Crippen molar-refractivity contribution < 1.29 is 4.74 Å². The lowest BCUT2D eigenvalue weighted by Crippen LogP contribution is -2.45. The largest absolute Gasteiger partial charge is 0.383 e. The summed E-state index contributed by atoms with van der Waals surface area (Å²) >= 11 is 5.26. The van der Waals surface area contributed by atoms with Crippen LogP contribution in [0.5, 0.6) is 0 Å². The van der Waals surface area contributed by atoms with Crippen molar-refractivity contribution in [1.29, 1.82) is 0 Å². The molecule has 0 aliphatic heterocycles. The molecule has 106 valence electrons. The maximum atomic E-state index is 6.08. The number of ether oxygens (including phenoxy) is 1. The zero-order chi connectivity index (χ0) is 12.9. The molecule has 0 saturated carbocycles. The van der Waals surface area contributed by atoms with Crippen LogP contribution in [0.3, 0.4) is 0 Å². The Labute approximate surface area is 128 Å². The molecule has 0 atom stereocenters. The summed E-state index contributed by atoms with van der Waals surface area (Å²) in [6, 6.07) is 4.24. The predicted molar refractivity (Wildman–Crippen MR) is 84.7 cm³/mol. The SMILES string of the molecule is COCCN(Cc1ccc(Br)s1)CC(C)(C)N.Cl. The van der Waals surface area contributed by atoms with Gasteiger partial charge in [0.1, 0.15) is 0 Å². The maximum Gasteiger partial charge on any atom is 0.0701 e. The minimum Gasteiger partial charge on any atom is -0.383 e. The van der Waals surface area contributed by atoms with Crippen molar-refractivity contribution in [2.75, 3.05) is 26.8 Å². The summed E-state index contributed by atoms with van der Waals surface area (Å²) in [6.45, 7) is 7.55. The van der Waals surface area contributed by atoms with Crippen LogP contribution >= 0.6 is 39.7 Å². The minimum absolute atomic E-state index is 0. The molecule has 3 nitrogen and oxygen atoms in total. The summed E-state index contributed by atoms with van der Waals surface area (Å²) in [4.78, 5) is 3.68. The fraction of sp³-hybridized carbons (Fsp3) is 0.667. The topological polar surface area (TPSA) is 38.5 Å². The summed E-state index contributed by atoms with van der Waals surface area (Å²) < 4.78 is 6.31. The van der Waals surface area contributed by atoms with E-state index in [0.29, 0.717) is 0 Å². The van der Waals surface area contributed by atoms with Gasteiger partial charge in [-0.3, -0.25) is 4.90 Å². The molecule has 2 N–H and O–H groups in total. The van der Waals surface area contributed by atoms with Crippen molar-refractivity contribution in [3.05, 3.63) is 20.8 Å². The number of halogens is 2. The molecule has 0 spiro atoms. The molecule has 1 aromatic heterocycles. The fourth-order valence-corrected chi connectivity index (χ4v) is 3.19. The van der Waals surface area contributed by atoms with E-state index in [4.69, 9.17) is 10.5 Å². The van der Waals surface area contributed by atoms with E-state index in [9.17, 15) is 0 Å². The van der Waals surface area contributed by atoms with Gasteiger partial charge < -0.3 is 10.5 Å². The predicted octanol–water partition coefficient (Wildman–Crippen LogP) is 3.12. The van der Waals surface area contributed by atoms with Gasteiger partial charge in [-0.25, -0.2) is 0 Å². The Hall–Kier alpha value is 0.350. The highest BCUT2D eigenvalue weighted by atomic mass is 79.9. The first-order chi connectivity index (χ1) is 7.90. The summed E-state index contributed by atoms with van der Waals surface area (Å²) in [5.74, 6) is 0. The quantitative estimate of drug-likeness (QED) is 0.815. The molecule has 1 heterocycles. The standard InChI is InChI=1S/C12H21BrN2OS.ClH/c1-12(2,14)9-15(6-7-16-3)8-10-4-5-11(13)17-10;/h4-5H,6-9,14H2,1-3H3;1H. The van der Waals surface area contributed by atoms with E-state index in [1.54, 1.807) is 18.4 Å². The van der Waals surface area contributed by atoms with Crippen molar-refractivity contribution >= 4 is 39.7 Å². The summed E-state index contributed by atoms with van der Waals surface area (Å²) in [6.07, 6.45) is 0.